The van der Waals surface area contributed by atoms with Gasteiger partial charge in [-0.05, 0) is 63.7 Å². The van der Waals surface area contributed by atoms with Crippen LogP contribution >= 0.6 is 35.3 Å². The summed E-state index contributed by atoms with van der Waals surface area (Å²) in [6.07, 6.45) is 3.63. The van der Waals surface area contributed by atoms with E-state index >= 15 is 0 Å². The minimum Gasteiger partial charge on any atom is -0.356 e. The van der Waals surface area contributed by atoms with Crippen LogP contribution in [0.1, 0.15) is 41.6 Å². The lowest BCUT2D eigenvalue weighted by Gasteiger charge is -2.27. The summed E-state index contributed by atoms with van der Waals surface area (Å²) in [5.74, 6) is 0.879. The molecular weight excluding hydrogens is 483 g/mol. The van der Waals surface area contributed by atoms with Crippen molar-refractivity contribution in [3.8, 4) is 0 Å². The van der Waals surface area contributed by atoms with Crippen LogP contribution in [0.25, 0.3) is 0 Å². The zero-order chi connectivity index (χ0) is 19.1. The van der Waals surface area contributed by atoms with Gasteiger partial charge in [-0.15, -0.1) is 35.3 Å². The zero-order valence-electron chi connectivity index (χ0n) is 17.1. The number of halogens is 1. The average molecular weight is 516 g/mol. The second-order valence-corrected chi connectivity index (χ2v) is 8.14. The van der Waals surface area contributed by atoms with Gasteiger partial charge in [0.1, 0.15) is 0 Å². The minimum atomic E-state index is 0. The van der Waals surface area contributed by atoms with Crippen LogP contribution in [0.2, 0.25) is 0 Å². The Labute approximate surface area is 189 Å². The summed E-state index contributed by atoms with van der Waals surface area (Å²) in [7, 11) is 1.84. The summed E-state index contributed by atoms with van der Waals surface area (Å²) in [6.45, 7) is 9.23. The maximum Gasteiger partial charge on any atom is 0.191 e. The van der Waals surface area contributed by atoms with E-state index < -0.39 is 0 Å². The molecular formula is C20H33IN6S. The van der Waals surface area contributed by atoms with Gasteiger partial charge in [-0.1, -0.05) is 6.07 Å². The number of likely N-dealkylation sites (tertiary alicyclic amines) is 1. The topological polar surface area (TPSA) is 57.5 Å². The Kier molecular flexibility index (Phi) is 9.73. The van der Waals surface area contributed by atoms with E-state index in [1.54, 1.807) is 0 Å². The number of aromatic nitrogens is 2. The van der Waals surface area contributed by atoms with Gasteiger partial charge in [-0.2, -0.15) is 5.10 Å². The second-order valence-electron chi connectivity index (χ2n) is 7.16. The lowest BCUT2D eigenvalue weighted by Crippen LogP contribution is -2.42. The van der Waals surface area contributed by atoms with Gasteiger partial charge < -0.3 is 10.6 Å². The summed E-state index contributed by atoms with van der Waals surface area (Å²) in [4.78, 5) is 8.42. The van der Waals surface area contributed by atoms with Crippen LogP contribution in [0.4, 0.5) is 0 Å². The Balaban J connectivity index is 0.00000280. The van der Waals surface area contributed by atoms with Crippen LogP contribution < -0.4 is 10.6 Å². The van der Waals surface area contributed by atoms with Crippen molar-refractivity contribution in [1.82, 2.24) is 25.3 Å². The molecule has 0 radical (unpaired) electrons. The highest BCUT2D eigenvalue weighted by Crippen LogP contribution is 2.27. The van der Waals surface area contributed by atoms with E-state index in [-0.39, 0.29) is 24.0 Å². The third kappa shape index (κ3) is 6.45. The van der Waals surface area contributed by atoms with Crippen molar-refractivity contribution in [2.45, 2.75) is 45.7 Å². The van der Waals surface area contributed by atoms with E-state index in [4.69, 9.17) is 0 Å². The molecule has 1 atom stereocenters. The largest absolute Gasteiger partial charge is 0.356 e. The molecule has 3 heterocycles. The van der Waals surface area contributed by atoms with Crippen LogP contribution in [-0.4, -0.2) is 53.9 Å². The van der Waals surface area contributed by atoms with E-state index in [2.05, 4.69) is 60.8 Å². The minimum absolute atomic E-state index is 0. The summed E-state index contributed by atoms with van der Waals surface area (Å²) in [5, 5.41) is 13.7. The molecule has 1 fully saturated rings. The van der Waals surface area contributed by atoms with E-state index in [9.17, 15) is 0 Å². The maximum absolute atomic E-state index is 4.52. The number of guanidine groups is 1. The van der Waals surface area contributed by atoms with E-state index in [0.717, 1.165) is 37.7 Å². The summed E-state index contributed by atoms with van der Waals surface area (Å²) in [5.41, 5.74) is 2.30. The zero-order valence-corrected chi connectivity index (χ0v) is 20.3. The highest BCUT2D eigenvalue weighted by molar-refractivity contribution is 14.0. The third-order valence-electron chi connectivity index (χ3n) is 5.08. The quantitative estimate of drug-likeness (QED) is 0.244. The molecule has 2 aromatic heterocycles. The molecule has 1 saturated heterocycles. The fourth-order valence-corrected chi connectivity index (χ4v) is 4.56. The van der Waals surface area contributed by atoms with Gasteiger partial charge in [0, 0.05) is 37.3 Å². The van der Waals surface area contributed by atoms with Crippen molar-refractivity contribution in [3.05, 3.63) is 39.8 Å². The molecule has 1 aliphatic heterocycles. The van der Waals surface area contributed by atoms with Gasteiger partial charge >= 0.3 is 0 Å². The molecule has 2 aromatic rings. The molecule has 0 amide bonds. The van der Waals surface area contributed by atoms with Gasteiger partial charge in [0.25, 0.3) is 0 Å². The molecule has 3 rings (SSSR count). The third-order valence-corrected chi connectivity index (χ3v) is 6.06. The first-order valence-corrected chi connectivity index (χ1v) is 10.8. The number of aryl methyl sites for hydroxylation is 3. The number of hydrogen-bond acceptors (Lipinski definition) is 4. The van der Waals surface area contributed by atoms with Gasteiger partial charge in [0.2, 0.25) is 0 Å². The standard InChI is InChI=1S/C20H32N6S.HI/c1-16-14-17(2)26(24-16)12-7-9-22-20(21-3)23-15-18(19-8-6-13-27-19)25-10-4-5-11-25;/h6,8,13-14,18H,4-5,7,9-12,15H2,1-3H3,(H2,21,22,23);1H. The van der Waals surface area contributed by atoms with Gasteiger partial charge in [-0.3, -0.25) is 14.6 Å². The summed E-state index contributed by atoms with van der Waals surface area (Å²) < 4.78 is 2.08. The van der Waals surface area contributed by atoms with E-state index in [1.807, 2.05) is 25.3 Å². The molecule has 28 heavy (non-hydrogen) atoms. The molecule has 6 nitrogen and oxygen atoms in total. The van der Waals surface area contributed by atoms with Crippen LogP contribution in [0.15, 0.2) is 28.6 Å². The van der Waals surface area contributed by atoms with Crippen LogP contribution in [0.5, 0.6) is 0 Å². The summed E-state index contributed by atoms with van der Waals surface area (Å²) >= 11 is 1.85. The molecule has 8 heteroatoms. The lowest BCUT2D eigenvalue weighted by atomic mass is 10.2. The van der Waals surface area contributed by atoms with E-state index in [0.29, 0.717) is 6.04 Å². The molecule has 0 aromatic carbocycles. The number of aliphatic imine (C=N–C) groups is 1. The number of rotatable bonds is 8. The number of nitrogens with one attached hydrogen (secondary N) is 2. The lowest BCUT2D eigenvalue weighted by molar-refractivity contribution is 0.249. The van der Waals surface area contributed by atoms with Crippen molar-refractivity contribution < 1.29 is 0 Å². The highest BCUT2D eigenvalue weighted by Gasteiger charge is 2.24. The summed E-state index contributed by atoms with van der Waals surface area (Å²) in [6, 6.07) is 6.95. The van der Waals surface area contributed by atoms with Crippen LogP contribution in [-0.2, 0) is 6.54 Å². The maximum atomic E-state index is 4.52. The molecule has 0 bridgehead atoms. The van der Waals surface area contributed by atoms with Gasteiger partial charge in [-0.25, -0.2) is 0 Å². The monoisotopic (exact) mass is 516 g/mol. The second kappa shape index (κ2) is 11.8. The Morgan fingerprint density at radius 2 is 2.07 bits per heavy atom. The molecule has 1 unspecified atom stereocenters. The Morgan fingerprint density at radius 3 is 2.68 bits per heavy atom. The molecule has 2 N–H and O–H groups in total. The smallest absolute Gasteiger partial charge is 0.191 e. The predicted octanol–water partition coefficient (Wildman–Crippen LogP) is 3.57. The molecule has 0 aliphatic carbocycles. The Bertz CT molecular complexity index is 721. The normalized spacial score (nSPS) is 16.0. The van der Waals surface area contributed by atoms with Crippen LogP contribution in [0, 0.1) is 13.8 Å². The molecule has 0 saturated carbocycles. The highest BCUT2D eigenvalue weighted by atomic mass is 127. The average Bonchev–Trinajstić information content (AvgIpc) is 3.41. The van der Waals surface area contributed by atoms with Crippen molar-refractivity contribution in [2.24, 2.45) is 4.99 Å². The molecule has 0 spiro atoms. The van der Waals surface area contributed by atoms with Gasteiger partial charge in [0.05, 0.1) is 11.7 Å². The first-order valence-electron chi connectivity index (χ1n) is 9.90. The van der Waals surface area contributed by atoms with Crippen molar-refractivity contribution in [3.63, 3.8) is 0 Å². The first kappa shape index (κ1) is 23.2. The van der Waals surface area contributed by atoms with Crippen molar-refractivity contribution in [2.75, 3.05) is 33.2 Å². The Hall–Kier alpha value is -1.13. The number of nitrogens with zero attached hydrogens (tertiary/aromatic N) is 4. The fourth-order valence-electron chi connectivity index (χ4n) is 3.69. The Morgan fingerprint density at radius 1 is 1.29 bits per heavy atom. The van der Waals surface area contributed by atoms with Crippen molar-refractivity contribution in [1.29, 1.82) is 0 Å². The predicted molar refractivity (Wildman–Crippen MR) is 129 cm³/mol. The fraction of sp³-hybridized carbons (Fsp3) is 0.600. The molecule has 1 aliphatic rings. The molecule has 156 valence electrons. The first-order chi connectivity index (χ1) is 13.2. The van der Waals surface area contributed by atoms with Crippen LogP contribution in [0.3, 0.4) is 0 Å². The van der Waals surface area contributed by atoms with Crippen molar-refractivity contribution >= 4 is 41.3 Å². The van der Waals surface area contributed by atoms with Gasteiger partial charge in [0.15, 0.2) is 5.96 Å². The number of hydrogen-bond donors (Lipinski definition) is 2. The van der Waals surface area contributed by atoms with E-state index in [1.165, 1.54) is 36.5 Å². The SMILES string of the molecule is CN=C(NCCCn1nc(C)cc1C)NCC(c1cccs1)N1CCCC1.I. The number of thiophene rings is 1.